The van der Waals surface area contributed by atoms with Crippen LogP contribution in [0.15, 0.2) is 30.5 Å². The minimum atomic E-state index is 0.831. The van der Waals surface area contributed by atoms with E-state index in [9.17, 15) is 0 Å². The minimum absolute atomic E-state index is 0.831. The topological polar surface area (TPSA) is 39.9 Å². The fraction of sp³-hybridized carbons (Fsp3) is 0.200. The van der Waals surface area contributed by atoms with E-state index in [4.69, 9.17) is 4.74 Å². The number of benzene rings is 1. The Balaban J connectivity index is 2.56. The first-order valence-electron chi connectivity index (χ1n) is 4.31. The van der Waals surface area contributed by atoms with E-state index in [0.717, 1.165) is 17.0 Å². The van der Waals surface area contributed by atoms with Gasteiger partial charge in [-0.3, -0.25) is 0 Å². The first kappa shape index (κ1) is 8.74. The van der Waals surface area contributed by atoms with Crippen LogP contribution in [0.3, 0.4) is 0 Å². The van der Waals surface area contributed by atoms with Crippen LogP contribution in [0, 0.1) is 0 Å². The number of rotatable bonds is 2. The van der Waals surface area contributed by atoms with Gasteiger partial charge in [0.15, 0.2) is 0 Å². The van der Waals surface area contributed by atoms with E-state index in [-0.39, 0.29) is 0 Å². The third-order valence-electron chi connectivity index (χ3n) is 2.10. The fourth-order valence-corrected chi connectivity index (χ4v) is 1.39. The second-order valence-electron chi connectivity index (χ2n) is 2.94. The van der Waals surface area contributed by atoms with Crippen molar-refractivity contribution in [2.45, 2.75) is 0 Å². The summed E-state index contributed by atoms with van der Waals surface area (Å²) in [5.74, 6) is 0.831. The number of ether oxygens (including phenoxy) is 1. The number of nitrogens with zero attached hydrogens (tertiary/aromatic N) is 3. The Morgan fingerprint density at radius 1 is 1.29 bits per heavy atom. The van der Waals surface area contributed by atoms with Crippen LogP contribution in [-0.4, -0.2) is 22.1 Å². The Kier molecular flexibility index (Phi) is 2.18. The lowest BCUT2D eigenvalue weighted by Gasteiger charge is -2.06. The highest BCUT2D eigenvalue weighted by atomic mass is 16.5. The number of aromatic nitrogens is 3. The van der Waals surface area contributed by atoms with Crippen molar-refractivity contribution in [2.75, 3.05) is 7.11 Å². The zero-order valence-corrected chi connectivity index (χ0v) is 8.14. The van der Waals surface area contributed by atoms with Gasteiger partial charge in [0, 0.05) is 12.6 Å². The Hall–Kier alpha value is -1.84. The van der Waals surface area contributed by atoms with Crippen LogP contribution < -0.4 is 4.74 Å². The summed E-state index contributed by atoms with van der Waals surface area (Å²) in [6.07, 6.45) is 1.72. The van der Waals surface area contributed by atoms with Crippen LogP contribution in [0.4, 0.5) is 0 Å². The number of hydrogen-bond donors (Lipinski definition) is 0. The lowest BCUT2D eigenvalue weighted by molar-refractivity contribution is 0.416. The molecule has 0 saturated heterocycles. The van der Waals surface area contributed by atoms with Gasteiger partial charge in [0.25, 0.3) is 0 Å². The first-order chi connectivity index (χ1) is 6.83. The second-order valence-corrected chi connectivity index (χ2v) is 2.94. The molecule has 0 saturated carbocycles. The molecule has 0 radical (unpaired) electrons. The summed E-state index contributed by atoms with van der Waals surface area (Å²) in [4.78, 5) is 0. The maximum Gasteiger partial charge on any atom is 0.128 e. The second kappa shape index (κ2) is 3.49. The van der Waals surface area contributed by atoms with Crippen molar-refractivity contribution in [3.8, 4) is 17.0 Å². The number of hydrogen-bond acceptors (Lipinski definition) is 3. The van der Waals surface area contributed by atoms with Crippen molar-refractivity contribution in [1.82, 2.24) is 15.0 Å². The summed E-state index contributed by atoms with van der Waals surface area (Å²) in [7, 11) is 3.51. The van der Waals surface area contributed by atoms with E-state index >= 15 is 0 Å². The first-order valence-corrected chi connectivity index (χ1v) is 4.31. The van der Waals surface area contributed by atoms with Gasteiger partial charge in [-0.25, -0.2) is 4.68 Å². The van der Waals surface area contributed by atoms with E-state index < -0.39 is 0 Å². The van der Waals surface area contributed by atoms with Gasteiger partial charge in [-0.15, -0.1) is 5.10 Å². The normalized spacial score (nSPS) is 10.1. The van der Waals surface area contributed by atoms with Gasteiger partial charge in [0.05, 0.1) is 19.0 Å². The van der Waals surface area contributed by atoms with Gasteiger partial charge < -0.3 is 4.74 Å². The molecule has 2 aromatic rings. The van der Waals surface area contributed by atoms with Gasteiger partial charge in [-0.05, 0) is 12.1 Å². The lowest BCUT2D eigenvalue weighted by atomic mass is 10.1. The van der Waals surface area contributed by atoms with E-state index in [1.165, 1.54) is 0 Å². The Morgan fingerprint density at radius 2 is 2.07 bits per heavy atom. The molecule has 0 spiro atoms. The van der Waals surface area contributed by atoms with Crippen LogP contribution >= 0.6 is 0 Å². The highest BCUT2D eigenvalue weighted by molar-refractivity contribution is 5.66. The average molecular weight is 189 g/mol. The predicted octanol–water partition coefficient (Wildman–Crippen LogP) is 1.49. The molecule has 1 aromatic heterocycles. The summed E-state index contributed by atoms with van der Waals surface area (Å²) in [5, 5.41) is 7.71. The standard InChI is InChI=1S/C10H11N3O/c1-13-9(7-11-12-13)8-5-3-4-6-10(8)14-2/h3-7H,1-2H3. The SMILES string of the molecule is COc1ccccc1-c1cnnn1C. The summed E-state index contributed by atoms with van der Waals surface area (Å²) < 4.78 is 6.98. The molecule has 0 unspecified atom stereocenters. The minimum Gasteiger partial charge on any atom is -0.496 e. The molecule has 4 heteroatoms. The molecule has 0 atom stereocenters. The molecule has 0 fully saturated rings. The zero-order valence-electron chi connectivity index (χ0n) is 8.14. The van der Waals surface area contributed by atoms with Crippen molar-refractivity contribution < 1.29 is 4.74 Å². The van der Waals surface area contributed by atoms with Crippen molar-refractivity contribution >= 4 is 0 Å². The van der Waals surface area contributed by atoms with Crippen LogP contribution in [0.2, 0.25) is 0 Å². The van der Waals surface area contributed by atoms with Gasteiger partial charge in [0.2, 0.25) is 0 Å². The molecule has 4 nitrogen and oxygen atoms in total. The summed E-state index contributed by atoms with van der Waals surface area (Å²) in [6, 6.07) is 7.80. The molecule has 0 amide bonds. The molecule has 2 rings (SSSR count). The molecule has 14 heavy (non-hydrogen) atoms. The molecular formula is C10H11N3O. The van der Waals surface area contributed by atoms with E-state index in [0.29, 0.717) is 0 Å². The maximum absolute atomic E-state index is 5.26. The summed E-state index contributed by atoms with van der Waals surface area (Å²) in [5.41, 5.74) is 1.95. The monoisotopic (exact) mass is 189 g/mol. The number of methoxy groups -OCH3 is 1. The van der Waals surface area contributed by atoms with Gasteiger partial charge >= 0.3 is 0 Å². The third kappa shape index (κ3) is 1.35. The van der Waals surface area contributed by atoms with E-state index in [2.05, 4.69) is 10.3 Å². The predicted molar refractivity (Wildman–Crippen MR) is 53.0 cm³/mol. The van der Waals surface area contributed by atoms with Gasteiger partial charge in [-0.2, -0.15) is 0 Å². The summed E-state index contributed by atoms with van der Waals surface area (Å²) in [6.45, 7) is 0. The quantitative estimate of drug-likeness (QED) is 0.718. The molecule has 1 heterocycles. The fourth-order valence-electron chi connectivity index (χ4n) is 1.39. The molecular weight excluding hydrogens is 178 g/mol. The van der Waals surface area contributed by atoms with Crippen molar-refractivity contribution in [3.63, 3.8) is 0 Å². The zero-order chi connectivity index (χ0) is 9.97. The average Bonchev–Trinajstić information content (AvgIpc) is 2.64. The van der Waals surface area contributed by atoms with Crippen LogP contribution in [0.1, 0.15) is 0 Å². The van der Waals surface area contributed by atoms with E-state index in [1.807, 2.05) is 31.3 Å². The van der Waals surface area contributed by atoms with Crippen molar-refractivity contribution in [1.29, 1.82) is 0 Å². The molecule has 0 aliphatic heterocycles. The molecule has 0 aliphatic rings. The Bertz CT molecular complexity index is 436. The van der Waals surface area contributed by atoms with Crippen LogP contribution in [-0.2, 0) is 7.05 Å². The highest BCUT2D eigenvalue weighted by Gasteiger charge is 2.08. The molecule has 1 aromatic carbocycles. The third-order valence-corrected chi connectivity index (χ3v) is 2.10. The van der Waals surface area contributed by atoms with E-state index in [1.54, 1.807) is 18.0 Å². The molecule has 0 bridgehead atoms. The molecule has 0 N–H and O–H groups in total. The van der Waals surface area contributed by atoms with Crippen molar-refractivity contribution in [3.05, 3.63) is 30.5 Å². The number of para-hydroxylation sites is 1. The largest absolute Gasteiger partial charge is 0.496 e. The Labute approximate surface area is 82.1 Å². The Morgan fingerprint density at radius 3 is 2.71 bits per heavy atom. The van der Waals surface area contributed by atoms with Crippen LogP contribution in [0.25, 0.3) is 11.3 Å². The summed E-state index contributed by atoms with van der Waals surface area (Å²) >= 11 is 0. The van der Waals surface area contributed by atoms with Crippen LogP contribution in [0.5, 0.6) is 5.75 Å². The molecule has 0 aliphatic carbocycles. The maximum atomic E-state index is 5.26. The van der Waals surface area contributed by atoms with Gasteiger partial charge in [-0.1, -0.05) is 17.3 Å². The smallest absolute Gasteiger partial charge is 0.128 e. The highest BCUT2D eigenvalue weighted by Crippen LogP contribution is 2.27. The number of aryl methyl sites for hydroxylation is 1. The lowest BCUT2D eigenvalue weighted by Crippen LogP contribution is -1.95. The van der Waals surface area contributed by atoms with Gasteiger partial charge in [0.1, 0.15) is 5.75 Å². The molecule has 72 valence electrons. The van der Waals surface area contributed by atoms with Crippen molar-refractivity contribution in [2.24, 2.45) is 7.05 Å².